The smallest absolute Gasteiger partial charge is 0.0561 e. The Labute approximate surface area is 174 Å². The van der Waals surface area contributed by atoms with E-state index < -0.39 is 0 Å². The molecule has 2 heteroatoms. The first-order valence-electron chi connectivity index (χ1n) is 11.0. The molecule has 0 aliphatic heterocycles. The molecule has 0 bridgehead atoms. The minimum absolute atomic E-state index is 0.450. The maximum absolute atomic E-state index is 2.62. The molecule has 29 heavy (non-hydrogen) atoms. The van der Waals surface area contributed by atoms with E-state index in [-0.39, 0.29) is 0 Å². The molecule has 3 aromatic carbocycles. The molecule has 0 amide bonds. The molecule has 0 fully saturated rings. The number of hydrogen-bond donors (Lipinski definition) is 0. The van der Waals surface area contributed by atoms with Crippen LogP contribution in [0, 0.1) is 0 Å². The predicted molar refractivity (Wildman–Crippen MR) is 127 cm³/mol. The summed E-state index contributed by atoms with van der Waals surface area (Å²) in [6, 6.07) is 27.3. The molecule has 2 nitrogen and oxygen atoms in total. The zero-order valence-corrected chi connectivity index (χ0v) is 18.1. The van der Waals surface area contributed by atoms with E-state index in [1.54, 1.807) is 0 Å². The molecule has 0 N–H and O–H groups in total. The van der Waals surface area contributed by atoms with Gasteiger partial charge in [-0.2, -0.15) is 0 Å². The average molecular weight is 385 g/mol. The fourth-order valence-corrected chi connectivity index (χ4v) is 4.73. The fraction of sp³-hybridized carbons (Fsp3) is 0.333. The van der Waals surface area contributed by atoms with Gasteiger partial charge in [0.25, 0.3) is 0 Å². The van der Waals surface area contributed by atoms with E-state index >= 15 is 0 Å². The van der Waals surface area contributed by atoms with E-state index in [1.165, 1.54) is 52.4 Å². The lowest BCUT2D eigenvalue weighted by Crippen LogP contribution is -2.39. The monoisotopic (exact) mass is 384 g/mol. The van der Waals surface area contributed by atoms with Gasteiger partial charge >= 0.3 is 0 Å². The Bertz CT molecular complexity index is 1090. The van der Waals surface area contributed by atoms with Gasteiger partial charge in [0.15, 0.2) is 0 Å². The summed E-state index contributed by atoms with van der Waals surface area (Å²) in [6.07, 6.45) is 3.74. The minimum Gasteiger partial charge on any atom is -0.366 e. The van der Waals surface area contributed by atoms with E-state index in [1.807, 2.05) is 0 Å². The van der Waals surface area contributed by atoms with Crippen LogP contribution in [0.2, 0.25) is 0 Å². The Hall–Kier alpha value is -2.74. The highest BCUT2D eigenvalue weighted by Crippen LogP contribution is 2.39. The first-order valence-corrected chi connectivity index (χ1v) is 11.0. The van der Waals surface area contributed by atoms with Crippen molar-refractivity contribution >= 4 is 27.5 Å². The molecule has 0 saturated carbocycles. The van der Waals surface area contributed by atoms with Gasteiger partial charge in [-0.25, -0.2) is 0 Å². The quantitative estimate of drug-likeness (QED) is 0.319. The zero-order chi connectivity index (χ0) is 20.4. The van der Waals surface area contributed by atoms with Crippen LogP contribution in [-0.4, -0.2) is 16.7 Å². The van der Waals surface area contributed by atoms with Crippen molar-refractivity contribution in [2.75, 3.05) is 4.90 Å². The van der Waals surface area contributed by atoms with Crippen molar-refractivity contribution in [3.63, 3.8) is 0 Å². The Morgan fingerprint density at radius 1 is 0.793 bits per heavy atom. The van der Waals surface area contributed by atoms with Crippen LogP contribution in [-0.2, 0) is 0 Å². The predicted octanol–water partition coefficient (Wildman–Crippen LogP) is 7.58. The molecule has 1 aromatic heterocycles. The normalized spacial score (nSPS) is 12.7. The van der Waals surface area contributed by atoms with Gasteiger partial charge in [0.1, 0.15) is 0 Å². The van der Waals surface area contributed by atoms with Crippen LogP contribution in [0.4, 0.5) is 5.69 Å². The second-order valence-electron chi connectivity index (χ2n) is 8.35. The molecule has 1 heterocycles. The van der Waals surface area contributed by atoms with Crippen molar-refractivity contribution in [1.29, 1.82) is 0 Å². The van der Waals surface area contributed by atoms with Gasteiger partial charge in [-0.3, -0.25) is 0 Å². The summed E-state index contributed by atoms with van der Waals surface area (Å²) >= 11 is 0. The second-order valence-corrected chi connectivity index (χ2v) is 8.35. The van der Waals surface area contributed by atoms with E-state index in [0.29, 0.717) is 12.1 Å². The second kappa shape index (κ2) is 8.32. The van der Waals surface area contributed by atoms with E-state index in [0.717, 1.165) is 0 Å². The van der Waals surface area contributed by atoms with Crippen LogP contribution in [0.15, 0.2) is 72.8 Å². The average Bonchev–Trinajstić information content (AvgIpc) is 3.08. The third-order valence-corrected chi connectivity index (χ3v) is 5.97. The summed E-state index contributed by atoms with van der Waals surface area (Å²) in [6.45, 7) is 9.29. The molecule has 4 rings (SSSR count). The number of para-hydroxylation sites is 2. The molecule has 0 spiro atoms. The zero-order valence-electron chi connectivity index (χ0n) is 18.1. The van der Waals surface area contributed by atoms with Crippen LogP contribution >= 0.6 is 0 Å². The Morgan fingerprint density at radius 2 is 1.48 bits per heavy atom. The number of rotatable bonds is 7. The van der Waals surface area contributed by atoms with Crippen LogP contribution < -0.4 is 4.90 Å². The number of anilines is 1. The molecule has 150 valence electrons. The maximum atomic E-state index is 2.62. The summed E-state index contributed by atoms with van der Waals surface area (Å²) in [4.78, 5) is 2.62. The Morgan fingerprint density at radius 3 is 2.21 bits per heavy atom. The van der Waals surface area contributed by atoms with E-state index in [2.05, 4.69) is 110 Å². The van der Waals surface area contributed by atoms with Gasteiger partial charge in [0, 0.05) is 34.2 Å². The topological polar surface area (TPSA) is 8.17 Å². The lowest BCUT2D eigenvalue weighted by Gasteiger charge is -2.36. The maximum Gasteiger partial charge on any atom is 0.0561 e. The summed E-state index contributed by atoms with van der Waals surface area (Å²) in [5, 5.41) is 2.69. The van der Waals surface area contributed by atoms with Crippen molar-refractivity contribution in [3.8, 4) is 5.69 Å². The summed E-state index contributed by atoms with van der Waals surface area (Å²) in [5.74, 6) is 0. The van der Waals surface area contributed by atoms with Crippen LogP contribution in [0.5, 0.6) is 0 Å². The molecular formula is C27H32N2. The molecule has 0 aliphatic carbocycles. The summed E-state index contributed by atoms with van der Waals surface area (Å²) in [7, 11) is 0. The highest BCUT2D eigenvalue weighted by molar-refractivity contribution is 6.15. The number of unbranched alkanes of at least 4 members (excludes halogenated alkanes) is 1. The summed E-state index contributed by atoms with van der Waals surface area (Å²) < 4.78 is 2.41. The number of hydrogen-bond acceptors (Lipinski definition) is 1. The first kappa shape index (κ1) is 19.6. The molecule has 1 atom stereocenters. The van der Waals surface area contributed by atoms with Crippen molar-refractivity contribution in [3.05, 3.63) is 72.8 Å². The molecule has 0 aliphatic rings. The SMILES string of the molecule is CCCCC(C)N(c1cccc2c1c1ccccc1n2-c1ccccc1)C(C)C. The van der Waals surface area contributed by atoms with Gasteiger partial charge in [0.2, 0.25) is 0 Å². The largest absolute Gasteiger partial charge is 0.366 e. The molecular weight excluding hydrogens is 352 g/mol. The fourth-order valence-electron chi connectivity index (χ4n) is 4.73. The number of fused-ring (bicyclic) bond motifs is 3. The summed E-state index contributed by atoms with van der Waals surface area (Å²) in [5.41, 5.74) is 5.12. The van der Waals surface area contributed by atoms with Crippen LogP contribution in [0.25, 0.3) is 27.5 Å². The molecule has 0 radical (unpaired) electrons. The van der Waals surface area contributed by atoms with Gasteiger partial charge in [-0.05, 0) is 57.5 Å². The third-order valence-electron chi connectivity index (χ3n) is 5.97. The number of benzene rings is 3. The van der Waals surface area contributed by atoms with Crippen molar-refractivity contribution in [2.24, 2.45) is 0 Å². The Balaban J connectivity index is 2.00. The van der Waals surface area contributed by atoms with Crippen LogP contribution in [0.3, 0.4) is 0 Å². The van der Waals surface area contributed by atoms with Crippen LogP contribution in [0.1, 0.15) is 47.0 Å². The molecule has 1 unspecified atom stereocenters. The van der Waals surface area contributed by atoms with E-state index in [9.17, 15) is 0 Å². The third kappa shape index (κ3) is 3.53. The van der Waals surface area contributed by atoms with E-state index in [4.69, 9.17) is 0 Å². The number of nitrogens with zero attached hydrogens (tertiary/aromatic N) is 2. The highest BCUT2D eigenvalue weighted by Gasteiger charge is 2.22. The molecule has 0 saturated heterocycles. The van der Waals surface area contributed by atoms with Crippen molar-refractivity contribution in [1.82, 2.24) is 4.57 Å². The lowest BCUT2D eigenvalue weighted by molar-refractivity contribution is 0.524. The minimum atomic E-state index is 0.450. The standard InChI is InChI=1S/C27H32N2/c1-5-6-13-21(4)28(20(2)3)25-18-12-19-26-27(25)23-16-10-11-17-24(23)29(26)22-14-8-7-9-15-22/h7-12,14-21H,5-6,13H2,1-4H3. The first-order chi connectivity index (χ1) is 14.1. The highest BCUT2D eigenvalue weighted by atomic mass is 15.2. The number of aromatic nitrogens is 1. The van der Waals surface area contributed by atoms with Crippen molar-refractivity contribution < 1.29 is 0 Å². The van der Waals surface area contributed by atoms with Gasteiger partial charge in [0.05, 0.1) is 11.0 Å². The van der Waals surface area contributed by atoms with Gasteiger partial charge < -0.3 is 9.47 Å². The molecule has 4 aromatic rings. The van der Waals surface area contributed by atoms with Gasteiger partial charge in [-0.15, -0.1) is 0 Å². The van der Waals surface area contributed by atoms with Gasteiger partial charge in [-0.1, -0.05) is 62.2 Å². The Kier molecular flexibility index (Phi) is 5.62. The lowest BCUT2D eigenvalue weighted by atomic mass is 10.0. The van der Waals surface area contributed by atoms with Crippen molar-refractivity contribution in [2.45, 2.75) is 59.0 Å².